The molecule has 1 heterocycles. The normalized spacial score (nSPS) is 20.9. The third-order valence-electron chi connectivity index (χ3n) is 7.99. The predicted octanol–water partition coefficient (Wildman–Crippen LogP) is 8.54. The van der Waals surface area contributed by atoms with Crippen molar-refractivity contribution in [2.75, 3.05) is 26.2 Å². The van der Waals surface area contributed by atoms with Crippen LogP contribution in [0, 0.1) is 11.8 Å². The highest BCUT2D eigenvalue weighted by Gasteiger charge is 2.33. The van der Waals surface area contributed by atoms with Crippen LogP contribution in [-0.2, 0) is 0 Å². The monoisotopic (exact) mass is 436 g/mol. The summed E-state index contributed by atoms with van der Waals surface area (Å²) in [5.41, 5.74) is 0. The van der Waals surface area contributed by atoms with Gasteiger partial charge in [-0.05, 0) is 50.5 Å². The largest absolute Gasteiger partial charge is 0.300 e. The van der Waals surface area contributed by atoms with E-state index in [9.17, 15) is 0 Å². The first kappa shape index (κ1) is 29.0. The highest BCUT2D eigenvalue weighted by atomic mass is 15.3. The van der Waals surface area contributed by atoms with Crippen molar-refractivity contribution in [2.45, 2.75) is 150 Å². The molecule has 1 saturated heterocycles. The molecule has 186 valence electrons. The maximum atomic E-state index is 2.95. The lowest BCUT2D eigenvalue weighted by molar-refractivity contribution is 0.00759. The van der Waals surface area contributed by atoms with Gasteiger partial charge in [0.15, 0.2) is 0 Å². The summed E-state index contributed by atoms with van der Waals surface area (Å²) in [5, 5.41) is 0. The van der Waals surface area contributed by atoms with Crippen LogP contribution in [0.5, 0.6) is 0 Å². The lowest BCUT2D eigenvalue weighted by Gasteiger charge is -2.48. The standard InChI is InChI=1S/C29H60N2/c1-7-13-17-26(18-14-8-2)21-22-31-28(11-5)24-30(25-29(31)12-6)23-27(19-15-9-3)20-16-10-4/h26-29H,7-25H2,1-6H3/t28-,29+. The van der Waals surface area contributed by atoms with Gasteiger partial charge >= 0.3 is 0 Å². The zero-order valence-corrected chi connectivity index (χ0v) is 22.6. The predicted molar refractivity (Wildman–Crippen MR) is 141 cm³/mol. The molecule has 0 aliphatic carbocycles. The van der Waals surface area contributed by atoms with Crippen LogP contribution in [0.3, 0.4) is 0 Å². The zero-order valence-electron chi connectivity index (χ0n) is 22.6. The van der Waals surface area contributed by atoms with Gasteiger partial charge in [0.2, 0.25) is 0 Å². The number of piperazine rings is 1. The van der Waals surface area contributed by atoms with E-state index < -0.39 is 0 Å². The van der Waals surface area contributed by atoms with E-state index in [0.717, 1.165) is 23.9 Å². The smallest absolute Gasteiger partial charge is 0.0224 e. The van der Waals surface area contributed by atoms with Crippen molar-refractivity contribution in [1.29, 1.82) is 0 Å². The zero-order chi connectivity index (χ0) is 22.9. The summed E-state index contributed by atoms with van der Waals surface area (Å²) >= 11 is 0. The molecular formula is C29H60N2. The third kappa shape index (κ3) is 11.6. The van der Waals surface area contributed by atoms with Gasteiger partial charge in [0.25, 0.3) is 0 Å². The summed E-state index contributed by atoms with van der Waals surface area (Å²) in [6, 6.07) is 1.55. The Morgan fingerprint density at radius 1 is 0.581 bits per heavy atom. The number of hydrogen-bond acceptors (Lipinski definition) is 2. The van der Waals surface area contributed by atoms with Gasteiger partial charge in [-0.3, -0.25) is 9.80 Å². The molecule has 0 aromatic rings. The first-order valence-electron chi connectivity index (χ1n) is 14.6. The summed E-state index contributed by atoms with van der Waals surface area (Å²) in [7, 11) is 0. The van der Waals surface area contributed by atoms with Crippen LogP contribution in [0.2, 0.25) is 0 Å². The maximum absolute atomic E-state index is 2.95. The molecule has 0 bridgehead atoms. The molecule has 31 heavy (non-hydrogen) atoms. The highest BCUT2D eigenvalue weighted by molar-refractivity contribution is 4.89. The minimum atomic E-state index is 0.773. The summed E-state index contributed by atoms with van der Waals surface area (Å²) in [6.45, 7) is 19.6. The fourth-order valence-corrected chi connectivity index (χ4v) is 5.85. The van der Waals surface area contributed by atoms with Crippen LogP contribution in [-0.4, -0.2) is 48.1 Å². The average molecular weight is 437 g/mol. The van der Waals surface area contributed by atoms with E-state index in [0.29, 0.717) is 0 Å². The van der Waals surface area contributed by atoms with E-state index in [1.54, 1.807) is 0 Å². The van der Waals surface area contributed by atoms with Gasteiger partial charge in [-0.1, -0.05) is 106 Å². The molecule has 1 aliphatic heterocycles. The van der Waals surface area contributed by atoms with Crippen molar-refractivity contribution < 1.29 is 0 Å². The number of unbranched alkanes of at least 4 members (excludes halogenated alkanes) is 4. The quantitative estimate of drug-likeness (QED) is 0.200. The van der Waals surface area contributed by atoms with E-state index >= 15 is 0 Å². The fraction of sp³-hybridized carbons (Fsp3) is 1.00. The fourth-order valence-electron chi connectivity index (χ4n) is 5.85. The first-order chi connectivity index (χ1) is 15.1. The average Bonchev–Trinajstić information content (AvgIpc) is 2.80. The van der Waals surface area contributed by atoms with Crippen molar-refractivity contribution in [3.8, 4) is 0 Å². The molecule has 0 amide bonds. The number of hydrogen-bond donors (Lipinski definition) is 0. The van der Waals surface area contributed by atoms with Gasteiger partial charge in [0.1, 0.15) is 0 Å². The van der Waals surface area contributed by atoms with Gasteiger partial charge in [0, 0.05) is 31.7 Å². The Morgan fingerprint density at radius 2 is 1.00 bits per heavy atom. The van der Waals surface area contributed by atoms with Gasteiger partial charge in [-0.15, -0.1) is 0 Å². The second-order valence-electron chi connectivity index (χ2n) is 10.7. The second-order valence-corrected chi connectivity index (χ2v) is 10.7. The molecule has 2 atom stereocenters. The molecule has 0 spiro atoms. The molecule has 0 N–H and O–H groups in total. The summed E-state index contributed by atoms with van der Waals surface area (Å²) in [4.78, 5) is 5.83. The Labute approximate surface area is 197 Å². The van der Waals surface area contributed by atoms with E-state index in [-0.39, 0.29) is 0 Å². The highest BCUT2D eigenvalue weighted by Crippen LogP contribution is 2.27. The molecule has 0 aromatic heterocycles. The van der Waals surface area contributed by atoms with Gasteiger partial charge in [0.05, 0.1) is 0 Å². The summed E-state index contributed by atoms with van der Waals surface area (Å²) < 4.78 is 0. The van der Waals surface area contributed by atoms with Crippen molar-refractivity contribution in [3.05, 3.63) is 0 Å². The van der Waals surface area contributed by atoms with E-state index in [4.69, 9.17) is 0 Å². The number of rotatable bonds is 19. The SMILES string of the molecule is CCCCC(CCCC)CCN1[C@H](CC)CN(CC(CCCC)CCCC)C[C@@H]1CC. The van der Waals surface area contributed by atoms with Crippen LogP contribution < -0.4 is 0 Å². The van der Waals surface area contributed by atoms with Crippen molar-refractivity contribution in [1.82, 2.24) is 9.80 Å². The van der Waals surface area contributed by atoms with Gasteiger partial charge < -0.3 is 0 Å². The molecular weight excluding hydrogens is 376 g/mol. The lowest BCUT2D eigenvalue weighted by atomic mass is 9.91. The topological polar surface area (TPSA) is 6.48 Å². The molecule has 2 heteroatoms. The Balaban J connectivity index is 2.69. The number of nitrogens with zero attached hydrogens (tertiary/aromatic N) is 2. The molecule has 1 rings (SSSR count). The molecule has 1 fully saturated rings. The maximum Gasteiger partial charge on any atom is 0.0224 e. The van der Waals surface area contributed by atoms with Gasteiger partial charge in [-0.2, -0.15) is 0 Å². The van der Waals surface area contributed by atoms with E-state index in [1.165, 1.54) is 122 Å². The molecule has 0 radical (unpaired) electrons. The molecule has 0 aromatic carbocycles. The Morgan fingerprint density at radius 3 is 1.39 bits per heavy atom. The van der Waals surface area contributed by atoms with E-state index in [2.05, 4.69) is 51.3 Å². The summed E-state index contributed by atoms with van der Waals surface area (Å²) in [5.74, 6) is 1.88. The molecule has 0 unspecified atom stereocenters. The Kier molecular flexibility index (Phi) is 17.1. The van der Waals surface area contributed by atoms with Crippen molar-refractivity contribution in [3.63, 3.8) is 0 Å². The van der Waals surface area contributed by atoms with Crippen molar-refractivity contribution in [2.24, 2.45) is 11.8 Å². The lowest BCUT2D eigenvalue weighted by Crippen LogP contribution is -2.59. The van der Waals surface area contributed by atoms with Crippen LogP contribution in [0.25, 0.3) is 0 Å². The third-order valence-corrected chi connectivity index (χ3v) is 7.99. The molecule has 1 aliphatic rings. The Bertz CT molecular complexity index is 366. The Hall–Kier alpha value is -0.0800. The molecule has 0 saturated carbocycles. The first-order valence-corrected chi connectivity index (χ1v) is 14.6. The van der Waals surface area contributed by atoms with Gasteiger partial charge in [-0.25, -0.2) is 0 Å². The summed E-state index contributed by atoms with van der Waals surface area (Å²) in [6.07, 6.45) is 21.0. The van der Waals surface area contributed by atoms with Crippen LogP contribution >= 0.6 is 0 Å². The minimum absolute atomic E-state index is 0.773. The van der Waals surface area contributed by atoms with Crippen LogP contribution in [0.4, 0.5) is 0 Å². The van der Waals surface area contributed by atoms with Crippen LogP contribution in [0.15, 0.2) is 0 Å². The molecule has 2 nitrogen and oxygen atoms in total. The van der Waals surface area contributed by atoms with E-state index in [1.807, 2.05) is 0 Å². The minimum Gasteiger partial charge on any atom is -0.300 e. The van der Waals surface area contributed by atoms with Crippen molar-refractivity contribution >= 4 is 0 Å². The van der Waals surface area contributed by atoms with Crippen LogP contribution in [0.1, 0.15) is 138 Å². The second kappa shape index (κ2) is 18.4.